The molecule has 0 spiro atoms. The number of likely N-dealkylation sites (tertiary alicyclic amines) is 1. The lowest BCUT2D eigenvalue weighted by atomic mass is 9.97. The number of hydrogen-bond donors (Lipinski definition) is 0. The molecule has 32 heavy (non-hydrogen) atoms. The molecule has 0 N–H and O–H groups in total. The summed E-state index contributed by atoms with van der Waals surface area (Å²) in [6.07, 6.45) is 3.90. The lowest BCUT2D eigenvalue weighted by Gasteiger charge is -2.35. The molecule has 0 amide bonds. The van der Waals surface area contributed by atoms with Crippen LogP contribution in [0.1, 0.15) is 26.2 Å². The average molecular weight is 475 g/mol. The molecule has 0 bridgehead atoms. The van der Waals surface area contributed by atoms with Gasteiger partial charge in [0.05, 0.1) is 28.8 Å². The smallest absolute Gasteiger partial charge is 0.309 e. The van der Waals surface area contributed by atoms with Crippen LogP contribution in [0.15, 0.2) is 57.2 Å². The van der Waals surface area contributed by atoms with E-state index in [1.807, 2.05) is 25.1 Å². The fraction of sp³-hybridized carbons (Fsp3) is 0.458. The van der Waals surface area contributed by atoms with Crippen molar-refractivity contribution in [2.75, 3.05) is 43.9 Å². The maximum absolute atomic E-state index is 12.1. The van der Waals surface area contributed by atoms with Crippen molar-refractivity contribution in [2.45, 2.75) is 40.9 Å². The van der Waals surface area contributed by atoms with Crippen LogP contribution in [0.25, 0.3) is 0 Å². The number of para-hydroxylation sites is 1. The Balaban J connectivity index is 1.44. The van der Waals surface area contributed by atoms with E-state index in [9.17, 15) is 13.2 Å². The molecule has 8 heteroatoms. The first-order chi connectivity index (χ1) is 15.4. The second-order valence-corrected chi connectivity index (χ2v) is 11.4. The van der Waals surface area contributed by atoms with E-state index < -0.39 is 9.84 Å². The summed E-state index contributed by atoms with van der Waals surface area (Å²) in [4.78, 5) is 19.2. The number of benzene rings is 2. The van der Waals surface area contributed by atoms with Gasteiger partial charge >= 0.3 is 5.97 Å². The minimum atomic E-state index is -3.27. The number of nitrogens with zero attached hydrogens (tertiary/aromatic N) is 2. The van der Waals surface area contributed by atoms with E-state index >= 15 is 0 Å². The van der Waals surface area contributed by atoms with Crippen LogP contribution in [-0.2, 0) is 19.4 Å². The van der Waals surface area contributed by atoms with Crippen LogP contribution in [0.2, 0.25) is 0 Å². The third kappa shape index (κ3) is 5.13. The Morgan fingerprint density at radius 1 is 1.06 bits per heavy atom. The SMILES string of the molecule is CCOC(=O)C1CCN(CCCN2c3ccccc3Sc3ccc(S(C)(=O)=O)cc32)CC1. The molecular formula is C24H30N2O4S2. The number of fused-ring (bicyclic) bond motifs is 2. The van der Waals surface area contributed by atoms with Gasteiger partial charge in [-0.25, -0.2) is 8.42 Å². The molecule has 172 valence electrons. The van der Waals surface area contributed by atoms with E-state index in [2.05, 4.69) is 21.9 Å². The molecule has 2 aliphatic rings. The number of carbonyl (C=O) groups excluding carboxylic acids is 1. The molecule has 1 saturated heterocycles. The first-order valence-corrected chi connectivity index (χ1v) is 13.8. The highest BCUT2D eigenvalue weighted by molar-refractivity contribution is 7.99. The zero-order chi connectivity index (χ0) is 22.7. The maximum atomic E-state index is 12.1. The Morgan fingerprint density at radius 2 is 1.78 bits per heavy atom. The summed E-state index contributed by atoms with van der Waals surface area (Å²) in [7, 11) is -3.27. The second-order valence-electron chi connectivity index (χ2n) is 8.34. The van der Waals surface area contributed by atoms with Crippen molar-refractivity contribution in [3.8, 4) is 0 Å². The van der Waals surface area contributed by atoms with Gasteiger partial charge in [-0.2, -0.15) is 0 Å². The van der Waals surface area contributed by atoms with E-state index in [1.165, 1.54) is 11.2 Å². The average Bonchev–Trinajstić information content (AvgIpc) is 2.78. The predicted molar refractivity (Wildman–Crippen MR) is 128 cm³/mol. The van der Waals surface area contributed by atoms with Crippen molar-refractivity contribution in [2.24, 2.45) is 5.92 Å². The van der Waals surface area contributed by atoms with Gasteiger partial charge in [0.2, 0.25) is 0 Å². The van der Waals surface area contributed by atoms with E-state index in [4.69, 9.17) is 4.74 Å². The van der Waals surface area contributed by atoms with Gasteiger partial charge in [0.25, 0.3) is 0 Å². The molecule has 1 fully saturated rings. The predicted octanol–water partition coefficient (Wildman–Crippen LogP) is 4.36. The number of piperidine rings is 1. The lowest BCUT2D eigenvalue weighted by molar-refractivity contribution is -0.149. The van der Waals surface area contributed by atoms with Gasteiger partial charge in [0.15, 0.2) is 9.84 Å². The molecule has 0 saturated carbocycles. The van der Waals surface area contributed by atoms with E-state index in [-0.39, 0.29) is 11.9 Å². The number of anilines is 2. The lowest BCUT2D eigenvalue weighted by Crippen LogP contribution is -2.38. The highest BCUT2D eigenvalue weighted by atomic mass is 32.2. The summed E-state index contributed by atoms with van der Waals surface area (Å²) in [5, 5.41) is 0. The quantitative estimate of drug-likeness (QED) is 0.553. The number of rotatable bonds is 7. The molecule has 4 rings (SSSR count). The normalized spacial score (nSPS) is 17.0. The van der Waals surface area contributed by atoms with Crippen molar-refractivity contribution in [3.63, 3.8) is 0 Å². The first kappa shape index (κ1) is 23.1. The van der Waals surface area contributed by atoms with Gasteiger partial charge in [-0.15, -0.1) is 0 Å². The molecule has 2 heterocycles. The Hall–Kier alpha value is -2.03. The molecule has 0 aromatic heterocycles. The van der Waals surface area contributed by atoms with Crippen molar-refractivity contribution < 1.29 is 17.9 Å². The van der Waals surface area contributed by atoms with Crippen LogP contribution in [0.3, 0.4) is 0 Å². The van der Waals surface area contributed by atoms with Gasteiger partial charge < -0.3 is 14.5 Å². The third-order valence-corrected chi connectivity index (χ3v) is 8.33. The molecule has 2 aromatic rings. The zero-order valence-corrected chi connectivity index (χ0v) is 20.3. The topological polar surface area (TPSA) is 66.9 Å². The van der Waals surface area contributed by atoms with Crippen molar-refractivity contribution in [3.05, 3.63) is 42.5 Å². The highest BCUT2D eigenvalue weighted by Gasteiger charge is 2.27. The van der Waals surface area contributed by atoms with Crippen LogP contribution in [0.5, 0.6) is 0 Å². The monoisotopic (exact) mass is 474 g/mol. The number of ether oxygens (including phenoxy) is 1. The number of carbonyl (C=O) groups is 1. The minimum Gasteiger partial charge on any atom is -0.466 e. The maximum Gasteiger partial charge on any atom is 0.309 e. The Kier molecular flexibility index (Phi) is 7.12. The Bertz CT molecular complexity index is 1080. The molecule has 0 radical (unpaired) electrons. The summed E-state index contributed by atoms with van der Waals surface area (Å²) < 4.78 is 29.5. The van der Waals surface area contributed by atoms with Gasteiger partial charge in [0.1, 0.15) is 0 Å². The fourth-order valence-electron chi connectivity index (χ4n) is 4.39. The molecule has 2 aromatic carbocycles. The molecule has 0 aliphatic carbocycles. The number of esters is 1. The summed E-state index contributed by atoms with van der Waals surface area (Å²) in [5.41, 5.74) is 2.08. The Labute approximate surface area is 194 Å². The standard InChI is InChI=1S/C24H30N2O4S2/c1-3-30-24(27)18-11-15-25(16-12-18)13-6-14-26-20-7-4-5-8-22(20)31-23-10-9-19(17-21(23)26)32(2,28)29/h4-5,7-10,17-18H,3,6,11-16H2,1-2H3. The molecule has 0 atom stereocenters. The number of hydrogen-bond acceptors (Lipinski definition) is 7. The largest absolute Gasteiger partial charge is 0.466 e. The minimum absolute atomic E-state index is 0.0264. The zero-order valence-electron chi connectivity index (χ0n) is 18.6. The van der Waals surface area contributed by atoms with Gasteiger partial charge in [-0.05, 0) is 76.2 Å². The summed E-state index contributed by atoms with van der Waals surface area (Å²) in [6.45, 7) is 5.85. The van der Waals surface area contributed by atoms with Crippen LogP contribution < -0.4 is 4.90 Å². The first-order valence-electron chi connectivity index (χ1n) is 11.1. The van der Waals surface area contributed by atoms with Crippen molar-refractivity contribution >= 4 is 38.9 Å². The van der Waals surface area contributed by atoms with Crippen LogP contribution in [0, 0.1) is 5.92 Å². The van der Waals surface area contributed by atoms with E-state index in [1.54, 1.807) is 23.9 Å². The molecule has 6 nitrogen and oxygen atoms in total. The molecular weight excluding hydrogens is 444 g/mol. The van der Waals surface area contributed by atoms with Gasteiger partial charge in [0, 0.05) is 22.6 Å². The second kappa shape index (κ2) is 9.85. The summed E-state index contributed by atoms with van der Waals surface area (Å²) in [5.74, 6) is -0.0358. The van der Waals surface area contributed by atoms with Crippen LogP contribution in [0.4, 0.5) is 11.4 Å². The summed E-state index contributed by atoms with van der Waals surface area (Å²) >= 11 is 1.68. The molecule has 0 unspecified atom stereocenters. The van der Waals surface area contributed by atoms with Crippen molar-refractivity contribution in [1.82, 2.24) is 4.90 Å². The van der Waals surface area contributed by atoms with Gasteiger partial charge in [-0.3, -0.25) is 4.79 Å². The van der Waals surface area contributed by atoms with Crippen molar-refractivity contribution in [1.29, 1.82) is 0 Å². The Morgan fingerprint density at radius 3 is 2.50 bits per heavy atom. The fourth-order valence-corrected chi connectivity index (χ4v) is 6.10. The van der Waals surface area contributed by atoms with E-state index in [0.717, 1.165) is 61.7 Å². The highest BCUT2D eigenvalue weighted by Crippen LogP contribution is 2.48. The third-order valence-electron chi connectivity index (χ3n) is 6.09. The summed E-state index contributed by atoms with van der Waals surface area (Å²) in [6, 6.07) is 13.7. The number of sulfone groups is 1. The van der Waals surface area contributed by atoms with E-state index in [0.29, 0.717) is 11.5 Å². The van der Waals surface area contributed by atoms with Crippen LogP contribution in [-0.4, -0.2) is 58.3 Å². The van der Waals surface area contributed by atoms with Gasteiger partial charge in [-0.1, -0.05) is 23.9 Å². The molecule has 2 aliphatic heterocycles. The van der Waals surface area contributed by atoms with Crippen LogP contribution >= 0.6 is 11.8 Å².